The highest BCUT2D eigenvalue weighted by atomic mass is 35.5. The summed E-state index contributed by atoms with van der Waals surface area (Å²) in [6.45, 7) is 0. The Morgan fingerprint density at radius 2 is 2.05 bits per heavy atom. The van der Waals surface area contributed by atoms with Gasteiger partial charge >= 0.3 is 0 Å². The van der Waals surface area contributed by atoms with Crippen molar-refractivity contribution in [3.05, 3.63) is 41.3 Å². The number of benzene rings is 1. The van der Waals surface area contributed by atoms with Gasteiger partial charge in [0, 0.05) is 11.5 Å². The van der Waals surface area contributed by atoms with Gasteiger partial charge in [-0.3, -0.25) is 4.79 Å². The molecule has 0 radical (unpaired) electrons. The minimum atomic E-state index is -0.492. The second-order valence-corrected chi connectivity index (χ2v) is 5.09. The zero-order valence-electron chi connectivity index (χ0n) is 10.4. The van der Waals surface area contributed by atoms with E-state index < -0.39 is 5.82 Å². The highest BCUT2D eigenvalue weighted by molar-refractivity contribution is 6.29. The predicted molar refractivity (Wildman–Crippen MR) is 73.8 cm³/mol. The second kappa shape index (κ2) is 5.17. The van der Waals surface area contributed by atoms with Crippen LogP contribution < -0.4 is 5.32 Å². The van der Waals surface area contributed by atoms with Gasteiger partial charge in [-0.05, 0) is 37.1 Å². The van der Waals surface area contributed by atoms with E-state index in [4.69, 9.17) is 11.6 Å². The molecule has 2 aromatic rings. The Morgan fingerprint density at radius 3 is 2.65 bits per heavy atom. The van der Waals surface area contributed by atoms with Crippen LogP contribution in [-0.2, 0) is 4.79 Å². The Balaban J connectivity index is 1.82. The van der Waals surface area contributed by atoms with Crippen LogP contribution in [0.1, 0.15) is 12.8 Å². The summed E-state index contributed by atoms with van der Waals surface area (Å²) in [5, 5.41) is 10.5. The molecule has 102 valence electrons. The molecule has 1 aliphatic rings. The molecule has 4 nitrogen and oxygen atoms in total. The zero-order chi connectivity index (χ0) is 14.1. The van der Waals surface area contributed by atoms with E-state index in [2.05, 4.69) is 15.5 Å². The van der Waals surface area contributed by atoms with E-state index in [1.54, 1.807) is 18.2 Å². The van der Waals surface area contributed by atoms with Crippen molar-refractivity contribution in [3.8, 4) is 11.3 Å². The maximum Gasteiger partial charge on any atom is 0.227 e. The van der Waals surface area contributed by atoms with E-state index in [1.807, 2.05) is 0 Å². The lowest BCUT2D eigenvalue weighted by Gasteiger charge is -2.07. The van der Waals surface area contributed by atoms with Crippen molar-refractivity contribution in [2.24, 2.45) is 5.92 Å². The Kier molecular flexibility index (Phi) is 3.36. The molecule has 3 rings (SSSR count). The molecule has 1 saturated carbocycles. The predicted octanol–water partition coefficient (Wildman–Crippen LogP) is 3.28. The molecule has 1 amide bonds. The minimum absolute atomic E-state index is 0.0382. The molecule has 0 bridgehead atoms. The van der Waals surface area contributed by atoms with Crippen LogP contribution in [0.3, 0.4) is 0 Å². The molecular weight excluding hydrogens is 281 g/mol. The smallest absolute Gasteiger partial charge is 0.227 e. The molecule has 1 aromatic carbocycles. The summed E-state index contributed by atoms with van der Waals surface area (Å²) in [7, 11) is 0. The van der Waals surface area contributed by atoms with Crippen LogP contribution in [-0.4, -0.2) is 16.1 Å². The van der Waals surface area contributed by atoms with Gasteiger partial charge in [-0.2, -0.15) is 0 Å². The van der Waals surface area contributed by atoms with Crippen molar-refractivity contribution in [3.63, 3.8) is 0 Å². The summed E-state index contributed by atoms with van der Waals surface area (Å²) in [6, 6.07) is 7.78. The molecule has 1 aromatic heterocycles. The fourth-order valence-electron chi connectivity index (χ4n) is 1.83. The molecule has 0 saturated heterocycles. The van der Waals surface area contributed by atoms with Crippen LogP contribution >= 0.6 is 11.6 Å². The van der Waals surface area contributed by atoms with Gasteiger partial charge < -0.3 is 5.32 Å². The number of anilines is 1. The van der Waals surface area contributed by atoms with Crippen LogP contribution in [0.5, 0.6) is 0 Å². The Labute approximate surface area is 120 Å². The summed E-state index contributed by atoms with van der Waals surface area (Å²) >= 11 is 5.65. The third kappa shape index (κ3) is 2.77. The quantitative estimate of drug-likeness (QED) is 0.944. The molecule has 0 spiro atoms. The largest absolute Gasteiger partial charge is 0.323 e. The first-order chi connectivity index (χ1) is 9.63. The second-order valence-electron chi connectivity index (χ2n) is 4.70. The average Bonchev–Trinajstić information content (AvgIpc) is 3.26. The summed E-state index contributed by atoms with van der Waals surface area (Å²) in [5.74, 6) is -0.576. The number of carbonyl (C=O) groups excluding carboxylic acids is 1. The van der Waals surface area contributed by atoms with Crippen molar-refractivity contribution in [1.29, 1.82) is 0 Å². The summed E-state index contributed by atoms with van der Waals surface area (Å²) in [5.41, 5.74) is 1.29. The highest BCUT2D eigenvalue weighted by Gasteiger charge is 2.30. The van der Waals surface area contributed by atoms with Gasteiger partial charge in [-0.1, -0.05) is 17.7 Å². The molecular formula is C14H11ClFN3O. The fraction of sp³-hybridized carbons (Fsp3) is 0.214. The number of hydrogen-bond acceptors (Lipinski definition) is 3. The zero-order valence-corrected chi connectivity index (χ0v) is 11.2. The Hall–Kier alpha value is -2.01. The Bertz CT molecular complexity index is 656. The van der Waals surface area contributed by atoms with Crippen LogP contribution in [0.15, 0.2) is 30.3 Å². The molecule has 1 aliphatic carbocycles. The molecule has 20 heavy (non-hydrogen) atoms. The summed E-state index contributed by atoms with van der Waals surface area (Å²) < 4.78 is 14.0. The monoisotopic (exact) mass is 291 g/mol. The molecule has 1 N–H and O–H groups in total. The number of rotatable bonds is 3. The fourth-order valence-corrected chi connectivity index (χ4v) is 1.93. The SMILES string of the molecule is O=C(Nc1ccc(-c2ccc(Cl)nn2)cc1F)C1CC1. The van der Waals surface area contributed by atoms with Crippen molar-refractivity contribution in [2.75, 3.05) is 5.32 Å². The van der Waals surface area contributed by atoms with Gasteiger partial charge in [-0.15, -0.1) is 10.2 Å². The summed E-state index contributed by atoms with van der Waals surface area (Å²) in [4.78, 5) is 11.6. The molecule has 0 aliphatic heterocycles. The highest BCUT2D eigenvalue weighted by Crippen LogP contribution is 2.31. The maximum absolute atomic E-state index is 14.0. The van der Waals surface area contributed by atoms with E-state index in [9.17, 15) is 9.18 Å². The maximum atomic E-state index is 14.0. The standard InChI is InChI=1S/C14H11ClFN3O/c15-13-6-5-11(18-19-13)9-3-4-12(10(16)7-9)17-14(20)8-1-2-8/h3-8H,1-2H2,(H,17,20). The van der Waals surface area contributed by atoms with E-state index in [1.165, 1.54) is 12.1 Å². The number of hydrogen-bond donors (Lipinski definition) is 1. The number of carbonyl (C=O) groups is 1. The third-order valence-electron chi connectivity index (χ3n) is 3.10. The van der Waals surface area contributed by atoms with Crippen LogP contribution in [0, 0.1) is 11.7 Å². The van der Waals surface area contributed by atoms with E-state index in [-0.39, 0.29) is 22.7 Å². The van der Waals surface area contributed by atoms with Crippen molar-refractivity contribution >= 4 is 23.2 Å². The van der Waals surface area contributed by atoms with Crippen molar-refractivity contribution in [1.82, 2.24) is 10.2 Å². The van der Waals surface area contributed by atoms with Gasteiger partial charge in [0.1, 0.15) is 5.82 Å². The average molecular weight is 292 g/mol. The van der Waals surface area contributed by atoms with Crippen LogP contribution in [0.25, 0.3) is 11.3 Å². The first kappa shape index (κ1) is 13.0. The van der Waals surface area contributed by atoms with Crippen molar-refractivity contribution < 1.29 is 9.18 Å². The van der Waals surface area contributed by atoms with Gasteiger partial charge in [0.2, 0.25) is 5.91 Å². The van der Waals surface area contributed by atoms with Crippen molar-refractivity contribution in [2.45, 2.75) is 12.8 Å². The normalized spacial score (nSPS) is 14.1. The number of nitrogens with zero attached hydrogens (tertiary/aromatic N) is 2. The van der Waals surface area contributed by atoms with Gasteiger partial charge in [0.05, 0.1) is 11.4 Å². The Morgan fingerprint density at radius 1 is 1.25 bits per heavy atom. The first-order valence-corrected chi connectivity index (χ1v) is 6.61. The third-order valence-corrected chi connectivity index (χ3v) is 3.30. The van der Waals surface area contributed by atoms with Gasteiger partial charge in [0.25, 0.3) is 0 Å². The van der Waals surface area contributed by atoms with E-state index in [0.29, 0.717) is 11.3 Å². The topological polar surface area (TPSA) is 54.9 Å². The van der Waals surface area contributed by atoms with E-state index in [0.717, 1.165) is 12.8 Å². The molecule has 1 heterocycles. The van der Waals surface area contributed by atoms with Crippen LogP contribution in [0.2, 0.25) is 5.15 Å². The number of halogens is 2. The molecule has 6 heteroatoms. The molecule has 0 atom stereocenters. The number of aromatic nitrogens is 2. The lowest BCUT2D eigenvalue weighted by Crippen LogP contribution is -2.14. The number of nitrogens with one attached hydrogen (secondary N) is 1. The first-order valence-electron chi connectivity index (χ1n) is 6.23. The molecule has 1 fully saturated rings. The van der Waals surface area contributed by atoms with Crippen LogP contribution in [0.4, 0.5) is 10.1 Å². The van der Waals surface area contributed by atoms with E-state index >= 15 is 0 Å². The number of amides is 1. The summed E-state index contributed by atoms with van der Waals surface area (Å²) in [6.07, 6.45) is 1.76. The van der Waals surface area contributed by atoms with Gasteiger partial charge in [0.15, 0.2) is 5.15 Å². The lowest BCUT2D eigenvalue weighted by molar-refractivity contribution is -0.117. The minimum Gasteiger partial charge on any atom is -0.323 e. The lowest BCUT2D eigenvalue weighted by atomic mass is 10.1. The van der Waals surface area contributed by atoms with Gasteiger partial charge in [-0.25, -0.2) is 4.39 Å². The molecule has 0 unspecified atom stereocenters.